The standard InChI is InChI=1S/C16H20ClNO5/c17-14-9-12(16(21)22)1-2-13(14)15(20)18-5-3-11(4-6-18)10-23-8-7-19/h1-2,9,11,19H,3-8,10H2,(H,21,22). The van der Waals surface area contributed by atoms with Crippen LogP contribution in [0.15, 0.2) is 18.2 Å². The first-order valence-corrected chi connectivity index (χ1v) is 7.91. The molecule has 1 amide bonds. The minimum atomic E-state index is -1.07. The van der Waals surface area contributed by atoms with E-state index in [1.165, 1.54) is 18.2 Å². The Balaban J connectivity index is 1.93. The number of carboxylic acid groups (broad SMARTS) is 1. The normalized spacial score (nSPS) is 15.7. The van der Waals surface area contributed by atoms with Crippen molar-refractivity contribution in [3.8, 4) is 0 Å². The molecule has 7 heteroatoms. The lowest BCUT2D eigenvalue weighted by atomic mass is 9.97. The number of carbonyl (C=O) groups is 2. The third-order valence-corrected chi connectivity index (χ3v) is 4.25. The van der Waals surface area contributed by atoms with Gasteiger partial charge in [-0.1, -0.05) is 11.6 Å². The van der Waals surface area contributed by atoms with E-state index in [1.54, 1.807) is 4.90 Å². The van der Waals surface area contributed by atoms with Crippen molar-refractivity contribution in [2.24, 2.45) is 5.92 Å². The largest absolute Gasteiger partial charge is 0.478 e. The smallest absolute Gasteiger partial charge is 0.335 e. The predicted molar refractivity (Wildman–Crippen MR) is 84.9 cm³/mol. The van der Waals surface area contributed by atoms with Gasteiger partial charge in [-0.05, 0) is 37.0 Å². The number of likely N-dealkylation sites (tertiary alicyclic amines) is 1. The number of benzene rings is 1. The van der Waals surface area contributed by atoms with Crippen LogP contribution in [0.5, 0.6) is 0 Å². The molecule has 0 spiro atoms. The Morgan fingerprint density at radius 1 is 1.30 bits per heavy atom. The number of ether oxygens (including phenoxy) is 1. The van der Waals surface area contributed by atoms with Crippen LogP contribution in [0.2, 0.25) is 5.02 Å². The van der Waals surface area contributed by atoms with Crippen LogP contribution in [0.3, 0.4) is 0 Å². The van der Waals surface area contributed by atoms with Gasteiger partial charge in [0.25, 0.3) is 5.91 Å². The number of hydrogen-bond acceptors (Lipinski definition) is 4. The number of nitrogens with zero attached hydrogens (tertiary/aromatic N) is 1. The second kappa shape index (κ2) is 8.29. The summed E-state index contributed by atoms with van der Waals surface area (Å²) in [5.41, 5.74) is 0.387. The fourth-order valence-electron chi connectivity index (χ4n) is 2.61. The molecule has 23 heavy (non-hydrogen) atoms. The van der Waals surface area contributed by atoms with Crippen LogP contribution >= 0.6 is 11.6 Å². The maximum atomic E-state index is 12.5. The van der Waals surface area contributed by atoms with Crippen LogP contribution in [-0.4, -0.2) is 59.9 Å². The average Bonchev–Trinajstić information content (AvgIpc) is 2.55. The van der Waals surface area contributed by atoms with Crippen LogP contribution in [0.4, 0.5) is 0 Å². The summed E-state index contributed by atoms with van der Waals surface area (Å²) in [4.78, 5) is 25.1. The van der Waals surface area contributed by atoms with Gasteiger partial charge in [0, 0.05) is 19.7 Å². The molecule has 0 saturated carbocycles. The molecule has 1 aliphatic rings. The summed E-state index contributed by atoms with van der Waals surface area (Å²) in [7, 11) is 0. The molecule has 1 aliphatic heterocycles. The van der Waals surface area contributed by atoms with Gasteiger partial charge >= 0.3 is 5.97 Å². The zero-order valence-electron chi connectivity index (χ0n) is 12.7. The van der Waals surface area contributed by atoms with Crippen molar-refractivity contribution in [2.45, 2.75) is 12.8 Å². The van der Waals surface area contributed by atoms with Crippen LogP contribution in [-0.2, 0) is 4.74 Å². The maximum Gasteiger partial charge on any atom is 0.335 e. The molecule has 0 unspecified atom stereocenters. The molecule has 2 N–H and O–H groups in total. The van der Waals surface area contributed by atoms with Crippen molar-refractivity contribution in [1.29, 1.82) is 0 Å². The van der Waals surface area contributed by atoms with E-state index < -0.39 is 5.97 Å². The highest BCUT2D eigenvalue weighted by Gasteiger charge is 2.25. The second-order valence-electron chi connectivity index (χ2n) is 5.53. The maximum absolute atomic E-state index is 12.5. The first-order valence-electron chi connectivity index (χ1n) is 7.53. The number of aromatic carboxylic acids is 1. The molecule has 0 aromatic heterocycles. The molecule has 1 saturated heterocycles. The van der Waals surface area contributed by atoms with Crippen molar-refractivity contribution < 1.29 is 24.5 Å². The zero-order chi connectivity index (χ0) is 16.8. The summed E-state index contributed by atoms with van der Waals surface area (Å²) >= 11 is 6.05. The molecule has 0 radical (unpaired) electrons. The molecular formula is C16H20ClNO5. The SMILES string of the molecule is O=C(O)c1ccc(C(=O)N2CCC(COCCO)CC2)c(Cl)c1. The number of aliphatic hydroxyl groups is 1. The van der Waals surface area contributed by atoms with Gasteiger partial charge in [0.15, 0.2) is 0 Å². The van der Waals surface area contributed by atoms with Crippen LogP contribution in [0.25, 0.3) is 0 Å². The summed E-state index contributed by atoms with van der Waals surface area (Å²) in [6.45, 7) is 2.18. The Kier molecular flexibility index (Phi) is 6.38. The topological polar surface area (TPSA) is 87.1 Å². The predicted octanol–water partition coefficient (Wildman–Crippen LogP) is 1.90. The fraction of sp³-hybridized carbons (Fsp3) is 0.500. The summed E-state index contributed by atoms with van der Waals surface area (Å²) in [5, 5.41) is 17.8. The summed E-state index contributed by atoms with van der Waals surface area (Å²) in [6, 6.07) is 4.15. The van der Waals surface area contributed by atoms with Gasteiger partial charge in [0.2, 0.25) is 0 Å². The third kappa shape index (κ3) is 4.67. The lowest BCUT2D eigenvalue weighted by Gasteiger charge is -2.32. The number of carbonyl (C=O) groups excluding carboxylic acids is 1. The molecule has 1 aromatic carbocycles. The van der Waals surface area contributed by atoms with Gasteiger partial charge in [-0.3, -0.25) is 4.79 Å². The van der Waals surface area contributed by atoms with Gasteiger partial charge in [0.1, 0.15) is 0 Å². The minimum Gasteiger partial charge on any atom is -0.478 e. The quantitative estimate of drug-likeness (QED) is 0.772. The number of amides is 1. The monoisotopic (exact) mass is 341 g/mol. The number of rotatable bonds is 6. The minimum absolute atomic E-state index is 0.0160. The van der Waals surface area contributed by atoms with Crippen molar-refractivity contribution in [2.75, 3.05) is 32.9 Å². The fourth-order valence-corrected chi connectivity index (χ4v) is 2.87. The lowest BCUT2D eigenvalue weighted by Crippen LogP contribution is -2.39. The first kappa shape index (κ1) is 17.7. The Hall–Kier alpha value is -1.63. The van der Waals surface area contributed by atoms with E-state index in [2.05, 4.69) is 0 Å². The summed E-state index contributed by atoms with van der Waals surface area (Å²) in [6.07, 6.45) is 1.67. The summed E-state index contributed by atoms with van der Waals surface area (Å²) < 4.78 is 5.33. The molecule has 126 valence electrons. The van der Waals surface area contributed by atoms with Gasteiger partial charge in [-0.15, -0.1) is 0 Å². The van der Waals surface area contributed by atoms with Crippen molar-refractivity contribution >= 4 is 23.5 Å². The van der Waals surface area contributed by atoms with Gasteiger partial charge in [-0.25, -0.2) is 4.79 Å². The van der Waals surface area contributed by atoms with E-state index in [1.807, 2.05) is 0 Å². The Labute approximate surface area is 139 Å². The highest BCUT2D eigenvalue weighted by Crippen LogP contribution is 2.23. The lowest BCUT2D eigenvalue weighted by molar-refractivity contribution is 0.0413. The Morgan fingerprint density at radius 3 is 2.57 bits per heavy atom. The number of hydrogen-bond donors (Lipinski definition) is 2. The van der Waals surface area contributed by atoms with E-state index in [-0.39, 0.29) is 23.1 Å². The molecule has 1 fully saturated rings. The van der Waals surface area contributed by atoms with E-state index in [4.69, 9.17) is 26.6 Å². The van der Waals surface area contributed by atoms with E-state index in [9.17, 15) is 9.59 Å². The second-order valence-corrected chi connectivity index (χ2v) is 5.94. The first-order chi connectivity index (χ1) is 11.0. The van der Waals surface area contributed by atoms with Gasteiger partial charge in [-0.2, -0.15) is 0 Å². The van der Waals surface area contributed by atoms with Crippen molar-refractivity contribution in [1.82, 2.24) is 4.90 Å². The van der Waals surface area contributed by atoms with E-state index in [0.717, 1.165) is 12.8 Å². The molecule has 0 aliphatic carbocycles. The highest BCUT2D eigenvalue weighted by atomic mass is 35.5. The van der Waals surface area contributed by atoms with E-state index in [0.29, 0.717) is 37.8 Å². The molecular weight excluding hydrogens is 322 g/mol. The molecule has 1 heterocycles. The van der Waals surface area contributed by atoms with Crippen LogP contribution in [0, 0.1) is 5.92 Å². The van der Waals surface area contributed by atoms with Crippen molar-refractivity contribution in [3.05, 3.63) is 34.3 Å². The van der Waals surface area contributed by atoms with Crippen LogP contribution in [0.1, 0.15) is 33.6 Å². The van der Waals surface area contributed by atoms with Gasteiger partial charge in [0.05, 0.1) is 29.4 Å². The van der Waals surface area contributed by atoms with Gasteiger partial charge < -0.3 is 19.8 Å². The number of halogens is 1. The number of aliphatic hydroxyl groups excluding tert-OH is 1. The number of piperidine rings is 1. The van der Waals surface area contributed by atoms with E-state index >= 15 is 0 Å². The molecule has 0 atom stereocenters. The Morgan fingerprint density at radius 2 is 2.00 bits per heavy atom. The molecule has 0 bridgehead atoms. The summed E-state index contributed by atoms with van der Waals surface area (Å²) in [5.74, 6) is -0.869. The molecule has 2 rings (SSSR count). The highest BCUT2D eigenvalue weighted by molar-refractivity contribution is 6.34. The molecule has 1 aromatic rings. The van der Waals surface area contributed by atoms with Crippen LogP contribution < -0.4 is 0 Å². The third-order valence-electron chi connectivity index (χ3n) is 3.94. The zero-order valence-corrected chi connectivity index (χ0v) is 13.5. The Bertz CT molecular complexity index is 570. The number of carboxylic acids is 1. The van der Waals surface area contributed by atoms with Crippen molar-refractivity contribution in [3.63, 3.8) is 0 Å². The average molecular weight is 342 g/mol. The molecule has 6 nitrogen and oxygen atoms in total.